The number of amides is 3. The Morgan fingerprint density at radius 1 is 0.974 bits per heavy atom. The van der Waals surface area contributed by atoms with Gasteiger partial charge < -0.3 is 19.9 Å². The van der Waals surface area contributed by atoms with E-state index < -0.39 is 0 Å². The van der Waals surface area contributed by atoms with Crippen LogP contribution in [-0.2, 0) is 20.8 Å². The maximum Gasteiger partial charge on any atom is 0.229 e. The molecule has 1 N–H and O–H groups in total. The number of para-hydroxylation sites is 2. The van der Waals surface area contributed by atoms with Crippen molar-refractivity contribution in [3.05, 3.63) is 65.7 Å². The van der Waals surface area contributed by atoms with Gasteiger partial charge >= 0.3 is 0 Å². The number of aryl methyl sites for hydroxylation is 1. The molecule has 2 aromatic carbocycles. The predicted octanol–water partition coefficient (Wildman–Crippen LogP) is 3.78. The van der Waals surface area contributed by atoms with Gasteiger partial charge in [0.2, 0.25) is 22.9 Å². The molecule has 2 saturated heterocycles. The first-order valence-electron chi connectivity index (χ1n) is 13.0. The summed E-state index contributed by atoms with van der Waals surface area (Å²) in [6.07, 6.45) is 2.93. The van der Waals surface area contributed by atoms with E-state index >= 15 is 0 Å². The summed E-state index contributed by atoms with van der Waals surface area (Å²) in [6, 6.07) is 19.1. The molecule has 1 aromatic heterocycles. The van der Waals surface area contributed by atoms with Crippen molar-refractivity contribution in [1.82, 2.24) is 15.1 Å². The molecule has 0 spiro atoms. The van der Waals surface area contributed by atoms with Crippen LogP contribution in [0.2, 0.25) is 0 Å². The van der Waals surface area contributed by atoms with Crippen molar-refractivity contribution in [3.63, 3.8) is 0 Å². The zero-order chi connectivity index (χ0) is 26.3. The lowest BCUT2D eigenvalue weighted by molar-refractivity contribution is -0.138. The summed E-state index contributed by atoms with van der Waals surface area (Å²) < 4.78 is 5.71. The molecule has 3 aromatic rings. The van der Waals surface area contributed by atoms with Gasteiger partial charge in [0.25, 0.3) is 0 Å². The Balaban J connectivity index is 1.04. The predicted molar refractivity (Wildman–Crippen MR) is 145 cm³/mol. The quantitative estimate of drug-likeness (QED) is 0.420. The fourth-order valence-electron chi connectivity index (χ4n) is 4.89. The molecule has 0 bridgehead atoms. The van der Waals surface area contributed by atoms with Crippen molar-refractivity contribution in [1.29, 1.82) is 0 Å². The lowest BCUT2D eigenvalue weighted by atomic mass is 9.94. The first-order chi connectivity index (χ1) is 18.6. The molecule has 9 nitrogen and oxygen atoms in total. The molecular weight excluding hydrogens is 502 g/mol. The summed E-state index contributed by atoms with van der Waals surface area (Å²) in [5.41, 5.74) is 0.823. The van der Waals surface area contributed by atoms with Gasteiger partial charge in [-0.3, -0.25) is 14.4 Å². The minimum atomic E-state index is -0.342. The van der Waals surface area contributed by atoms with Gasteiger partial charge in [-0.05, 0) is 43.5 Å². The lowest BCUT2D eigenvalue weighted by Crippen LogP contribution is -2.44. The number of rotatable bonds is 9. The number of benzene rings is 2. The normalized spacial score (nSPS) is 18.0. The molecule has 3 amide bonds. The molecule has 198 valence electrons. The molecule has 2 fully saturated rings. The molecule has 2 aliphatic rings. The van der Waals surface area contributed by atoms with Crippen LogP contribution in [0.15, 0.2) is 60.7 Å². The number of hydrogen-bond donors (Lipinski definition) is 1. The van der Waals surface area contributed by atoms with E-state index in [1.165, 1.54) is 11.3 Å². The van der Waals surface area contributed by atoms with Crippen LogP contribution in [0.5, 0.6) is 5.75 Å². The maximum absolute atomic E-state index is 13.1. The Morgan fingerprint density at radius 3 is 2.42 bits per heavy atom. The molecule has 2 aliphatic heterocycles. The van der Waals surface area contributed by atoms with Crippen molar-refractivity contribution in [3.8, 4) is 5.75 Å². The van der Waals surface area contributed by atoms with Crippen LogP contribution in [0, 0.1) is 11.8 Å². The first-order valence-corrected chi connectivity index (χ1v) is 13.8. The van der Waals surface area contributed by atoms with Gasteiger partial charge in [-0.15, -0.1) is 10.2 Å². The van der Waals surface area contributed by atoms with Gasteiger partial charge in [0.1, 0.15) is 10.8 Å². The van der Waals surface area contributed by atoms with Gasteiger partial charge in [-0.25, -0.2) is 0 Å². The van der Waals surface area contributed by atoms with E-state index in [9.17, 15) is 14.4 Å². The third-order valence-electron chi connectivity index (χ3n) is 6.96. The molecule has 0 radical (unpaired) electrons. The van der Waals surface area contributed by atoms with E-state index in [0.29, 0.717) is 44.2 Å². The second-order valence-electron chi connectivity index (χ2n) is 9.60. The number of anilines is 2. The highest BCUT2D eigenvalue weighted by atomic mass is 32.1. The molecule has 5 rings (SSSR count). The third kappa shape index (κ3) is 6.36. The lowest BCUT2D eigenvalue weighted by Gasteiger charge is -2.32. The number of piperidine rings is 1. The Hall–Kier alpha value is -3.79. The Labute approximate surface area is 225 Å². The fourth-order valence-corrected chi connectivity index (χ4v) is 5.68. The van der Waals surface area contributed by atoms with Gasteiger partial charge in [0, 0.05) is 44.1 Å². The molecule has 1 unspecified atom stereocenters. The second-order valence-corrected chi connectivity index (χ2v) is 10.7. The van der Waals surface area contributed by atoms with Crippen LogP contribution in [0.1, 0.15) is 30.7 Å². The number of nitrogens with one attached hydrogen (secondary N) is 1. The zero-order valence-electron chi connectivity index (χ0n) is 21.1. The van der Waals surface area contributed by atoms with Gasteiger partial charge in [-0.2, -0.15) is 0 Å². The van der Waals surface area contributed by atoms with Crippen molar-refractivity contribution < 1.29 is 19.1 Å². The van der Waals surface area contributed by atoms with E-state index in [-0.39, 0.29) is 36.0 Å². The number of nitrogens with zero attached hydrogens (tertiary/aromatic N) is 4. The molecule has 38 heavy (non-hydrogen) atoms. The van der Waals surface area contributed by atoms with Crippen LogP contribution >= 0.6 is 11.3 Å². The van der Waals surface area contributed by atoms with Crippen molar-refractivity contribution in [2.24, 2.45) is 11.8 Å². The Kier molecular flexibility index (Phi) is 8.28. The highest BCUT2D eigenvalue weighted by molar-refractivity contribution is 7.15. The van der Waals surface area contributed by atoms with E-state index in [1.54, 1.807) is 9.80 Å². The molecule has 10 heteroatoms. The number of aromatic nitrogens is 2. The zero-order valence-corrected chi connectivity index (χ0v) is 21.9. The van der Waals surface area contributed by atoms with Crippen LogP contribution < -0.4 is 15.0 Å². The summed E-state index contributed by atoms with van der Waals surface area (Å²) in [5, 5.41) is 12.6. The smallest absolute Gasteiger partial charge is 0.229 e. The second kappa shape index (κ2) is 12.2. The van der Waals surface area contributed by atoms with E-state index in [4.69, 9.17) is 4.74 Å². The van der Waals surface area contributed by atoms with Crippen LogP contribution in [0.3, 0.4) is 0 Å². The number of carbonyl (C=O) groups excluding carboxylic acids is 3. The van der Waals surface area contributed by atoms with Crippen molar-refractivity contribution in [2.45, 2.75) is 32.1 Å². The number of ether oxygens (including phenoxy) is 1. The SMILES string of the molecule is O=C(Nc1nnc(CCCOc2ccccc2)s1)C1CCN(C(=O)C2CC(=O)N(c3ccccc3)C2)CC1. The monoisotopic (exact) mass is 533 g/mol. The largest absolute Gasteiger partial charge is 0.494 e. The van der Waals surface area contributed by atoms with Crippen LogP contribution in [0.25, 0.3) is 0 Å². The molecule has 3 heterocycles. The van der Waals surface area contributed by atoms with Gasteiger partial charge in [0.05, 0.1) is 12.5 Å². The van der Waals surface area contributed by atoms with E-state index in [0.717, 1.165) is 29.3 Å². The summed E-state index contributed by atoms with van der Waals surface area (Å²) in [4.78, 5) is 41.9. The summed E-state index contributed by atoms with van der Waals surface area (Å²) in [6.45, 7) is 2.01. The Bertz CT molecular complexity index is 1240. The molecule has 1 atom stereocenters. The summed E-state index contributed by atoms with van der Waals surface area (Å²) in [5.74, 6) is 0.210. The topological polar surface area (TPSA) is 105 Å². The summed E-state index contributed by atoms with van der Waals surface area (Å²) in [7, 11) is 0. The average Bonchev–Trinajstić information content (AvgIpc) is 3.58. The molecular formula is C28H31N5O4S. The highest BCUT2D eigenvalue weighted by Crippen LogP contribution is 2.28. The minimum absolute atomic E-state index is 0.000600. The highest BCUT2D eigenvalue weighted by Gasteiger charge is 2.38. The minimum Gasteiger partial charge on any atom is -0.494 e. The van der Waals surface area contributed by atoms with Crippen LogP contribution in [-0.4, -0.2) is 59.1 Å². The van der Waals surface area contributed by atoms with Crippen molar-refractivity contribution >= 4 is 39.9 Å². The van der Waals surface area contributed by atoms with Gasteiger partial charge in [-0.1, -0.05) is 47.7 Å². The molecule has 0 saturated carbocycles. The van der Waals surface area contributed by atoms with Crippen molar-refractivity contribution in [2.75, 3.05) is 36.5 Å². The number of likely N-dealkylation sites (tertiary alicyclic amines) is 1. The first kappa shape index (κ1) is 25.8. The standard InChI is InChI=1S/C28H31N5O4S/c34-25-18-21(19-33(25)22-8-3-1-4-9-22)27(36)32-15-13-20(14-16-32)26(35)29-28-31-30-24(38-28)12-7-17-37-23-10-5-2-6-11-23/h1-6,8-11,20-21H,7,12-19H2,(H,29,31,35). The van der Waals surface area contributed by atoms with Crippen LogP contribution in [0.4, 0.5) is 10.8 Å². The number of hydrogen-bond acceptors (Lipinski definition) is 7. The van der Waals surface area contributed by atoms with E-state index in [2.05, 4.69) is 15.5 Å². The Morgan fingerprint density at radius 2 is 1.68 bits per heavy atom. The summed E-state index contributed by atoms with van der Waals surface area (Å²) >= 11 is 1.38. The maximum atomic E-state index is 13.1. The van der Waals surface area contributed by atoms with E-state index in [1.807, 2.05) is 60.7 Å². The third-order valence-corrected chi connectivity index (χ3v) is 7.86. The molecule has 0 aliphatic carbocycles. The fraction of sp³-hybridized carbons (Fsp3) is 0.393. The average molecular weight is 534 g/mol. The number of carbonyl (C=O) groups is 3. The van der Waals surface area contributed by atoms with Gasteiger partial charge in [0.15, 0.2) is 0 Å².